The van der Waals surface area contributed by atoms with Gasteiger partial charge in [0.15, 0.2) is 0 Å². The normalized spacial score (nSPS) is 10.4. The molecule has 4 rings (SSSR count). The van der Waals surface area contributed by atoms with Crippen LogP contribution < -0.4 is 10.9 Å². The maximum Gasteiger partial charge on any atom is 0.288 e. The van der Waals surface area contributed by atoms with Crippen LogP contribution >= 0.6 is 11.3 Å². The van der Waals surface area contributed by atoms with Crippen molar-refractivity contribution in [3.05, 3.63) is 95.5 Å². The maximum atomic E-state index is 12.8. The number of thiophene rings is 1. The summed E-state index contributed by atoms with van der Waals surface area (Å²) in [4.78, 5) is 25.9. The molecule has 0 atom stereocenters. The molecule has 0 aliphatic rings. The van der Waals surface area contributed by atoms with E-state index in [1.54, 1.807) is 46.4 Å². The molecule has 28 heavy (non-hydrogen) atoms. The summed E-state index contributed by atoms with van der Waals surface area (Å²) >= 11 is 1.54. The number of hydrazine groups is 1. The third-order valence-electron chi connectivity index (χ3n) is 4.04. The molecule has 2 aromatic heterocycles. The van der Waals surface area contributed by atoms with Crippen molar-refractivity contribution < 1.29 is 9.59 Å². The number of nitrogens with one attached hydrogen (secondary N) is 2. The Balaban J connectivity index is 1.60. The molecule has 6 nitrogen and oxygen atoms in total. The van der Waals surface area contributed by atoms with Crippen LogP contribution in [0.15, 0.2) is 84.2 Å². The number of hydrogen-bond donors (Lipinski definition) is 2. The van der Waals surface area contributed by atoms with Crippen molar-refractivity contribution >= 4 is 23.2 Å². The van der Waals surface area contributed by atoms with Gasteiger partial charge in [0.1, 0.15) is 11.4 Å². The van der Waals surface area contributed by atoms with Crippen LogP contribution in [0.4, 0.5) is 0 Å². The highest BCUT2D eigenvalue weighted by molar-refractivity contribution is 7.13. The number of para-hydroxylation sites is 1. The number of benzene rings is 2. The largest absolute Gasteiger partial charge is 0.288 e. The van der Waals surface area contributed by atoms with Crippen molar-refractivity contribution in [2.24, 2.45) is 0 Å². The zero-order chi connectivity index (χ0) is 19.3. The van der Waals surface area contributed by atoms with Gasteiger partial charge in [-0.05, 0) is 41.8 Å². The Kier molecular flexibility index (Phi) is 4.99. The molecule has 0 saturated heterocycles. The molecule has 0 radical (unpaired) electrons. The zero-order valence-corrected chi connectivity index (χ0v) is 15.5. The van der Waals surface area contributed by atoms with E-state index in [1.165, 1.54) is 0 Å². The molecule has 7 heteroatoms. The Morgan fingerprint density at radius 3 is 2.18 bits per heavy atom. The molecule has 0 fully saturated rings. The quantitative estimate of drug-likeness (QED) is 0.524. The highest BCUT2D eigenvalue weighted by atomic mass is 32.1. The van der Waals surface area contributed by atoms with Gasteiger partial charge in [0.05, 0.1) is 10.6 Å². The molecule has 2 heterocycles. The molecule has 0 bridgehead atoms. The van der Waals surface area contributed by atoms with Crippen LogP contribution in [0.2, 0.25) is 0 Å². The third kappa shape index (κ3) is 3.70. The molecule has 4 aromatic rings. The highest BCUT2D eigenvalue weighted by Gasteiger charge is 2.18. The molecular formula is C21H16N4O2S. The van der Waals surface area contributed by atoms with Crippen molar-refractivity contribution in [1.82, 2.24) is 20.6 Å². The minimum Gasteiger partial charge on any atom is -0.267 e. The highest BCUT2D eigenvalue weighted by Crippen LogP contribution is 2.25. The summed E-state index contributed by atoms with van der Waals surface area (Å²) in [5.41, 5.74) is 7.14. The minimum atomic E-state index is -0.455. The molecule has 138 valence electrons. The van der Waals surface area contributed by atoms with E-state index in [4.69, 9.17) is 0 Å². The molecular weight excluding hydrogens is 372 g/mol. The van der Waals surface area contributed by atoms with Crippen LogP contribution in [0.3, 0.4) is 0 Å². The SMILES string of the molecule is O=C(NNC(=O)c1cc(-c2cccs2)nn1-c1ccccc1)c1ccccc1. The number of nitrogens with zero attached hydrogens (tertiary/aromatic N) is 2. The summed E-state index contributed by atoms with van der Waals surface area (Å²) in [6.07, 6.45) is 0. The monoisotopic (exact) mass is 388 g/mol. The van der Waals surface area contributed by atoms with E-state index in [-0.39, 0.29) is 0 Å². The second-order valence-corrected chi connectivity index (χ2v) is 6.86. The molecule has 0 unspecified atom stereocenters. The van der Waals surface area contributed by atoms with E-state index in [9.17, 15) is 9.59 Å². The van der Waals surface area contributed by atoms with Crippen LogP contribution in [-0.4, -0.2) is 21.6 Å². The lowest BCUT2D eigenvalue weighted by molar-refractivity contribution is 0.0842. The van der Waals surface area contributed by atoms with Crippen LogP contribution in [0.1, 0.15) is 20.8 Å². The Bertz CT molecular complexity index is 1090. The van der Waals surface area contributed by atoms with Gasteiger partial charge in [-0.15, -0.1) is 11.3 Å². The van der Waals surface area contributed by atoms with E-state index in [2.05, 4.69) is 16.0 Å². The Morgan fingerprint density at radius 2 is 1.50 bits per heavy atom. The predicted molar refractivity (Wildman–Crippen MR) is 108 cm³/mol. The molecule has 2 amide bonds. The number of carbonyl (C=O) groups is 2. The van der Waals surface area contributed by atoms with E-state index in [0.717, 1.165) is 10.6 Å². The lowest BCUT2D eigenvalue weighted by atomic mass is 10.2. The Hall–Kier alpha value is -3.71. The topological polar surface area (TPSA) is 76.0 Å². The predicted octanol–water partition coefficient (Wildman–Crippen LogP) is 3.68. The smallest absolute Gasteiger partial charge is 0.267 e. The minimum absolute atomic E-state index is 0.322. The van der Waals surface area contributed by atoms with Gasteiger partial charge in [-0.3, -0.25) is 20.4 Å². The first-order valence-electron chi connectivity index (χ1n) is 8.57. The second kappa shape index (κ2) is 7.89. The van der Waals surface area contributed by atoms with Gasteiger partial charge < -0.3 is 0 Å². The summed E-state index contributed by atoms with van der Waals surface area (Å²) in [7, 11) is 0. The van der Waals surface area contributed by atoms with Gasteiger partial charge in [0.25, 0.3) is 11.8 Å². The summed E-state index contributed by atoms with van der Waals surface area (Å²) in [5, 5.41) is 6.54. The fourth-order valence-electron chi connectivity index (χ4n) is 2.69. The molecule has 0 spiro atoms. The average molecular weight is 388 g/mol. The number of carbonyl (C=O) groups excluding carboxylic acids is 2. The molecule has 2 aromatic carbocycles. The summed E-state index contributed by atoms with van der Waals surface area (Å²) < 4.78 is 1.57. The van der Waals surface area contributed by atoms with Crippen molar-refractivity contribution in [3.8, 4) is 16.3 Å². The number of amides is 2. The van der Waals surface area contributed by atoms with E-state index in [0.29, 0.717) is 17.0 Å². The van der Waals surface area contributed by atoms with Crippen LogP contribution in [-0.2, 0) is 0 Å². The van der Waals surface area contributed by atoms with Crippen molar-refractivity contribution in [3.63, 3.8) is 0 Å². The Labute approximate surface area is 165 Å². The van der Waals surface area contributed by atoms with Gasteiger partial charge in [0, 0.05) is 5.56 Å². The second-order valence-electron chi connectivity index (χ2n) is 5.91. The third-order valence-corrected chi connectivity index (χ3v) is 4.93. The van der Waals surface area contributed by atoms with Crippen LogP contribution in [0.5, 0.6) is 0 Å². The molecule has 2 N–H and O–H groups in total. The van der Waals surface area contributed by atoms with E-state index in [1.807, 2.05) is 53.9 Å². The first-order valence-corrected chi connectivity index (χ1v) is 9.45. The first kappa shape index (κ1) is 17.7. The van der Waals surface area contributed by atoms with Crippen molar-refractivity contribution in [2.75, 3.05) is 0 Å². The lowest BCUT2D eigenvalue weighted by Gasteiger charge is -2.09. The zero-order valence-electron chi connectivity index (χ0n) is 14.7. The standard InChI is InChI=1S/C21H16N4O2S/c26-20(15-8-3-1-4-9-15)22-23-21(27)18-14-17(19-12-7-13-28-19)24-25(18)16-10-5-2-6-11-16/h1-14H,(H,22,26)(H,23,27). The first-order chi connectivity index (χ1) is 13.7. The van der Waals surface area contributed by atoms with E-state index < -0.39 is 11.8 Å². The number of hydrogen-bond acceptors (Lipinski definition) is 4. The molecule has 0 saturated carbocycles. The maximum absolute atomic E-state index is 12.8. The fourth-order valence-corrected chi connectivity index (χ4v) is 3.37. The molecule has 0 aliphatic carbocycles. The van der Waals surface area contributed by atoms with Crippen molar-refractivity contribution in [1.29, 1.82) is 0 Å². The Morgan fingerprint density at radius 1 is 0.821 bits per heavy atom. The van der Waals surface area contributed by atoms with Gasteiger partial charge in [-0.25, -0.2) is 4.68 Å². The number of aromatic nitrogens is 2. The summed E-state index contributed by atoms with van der Waals surface area (Å²) in [6.45, 7) is 0. The fraction of sp³-hybridized carbons (Fsp3) is 0. The van der Waals surface area contributed by atoms with Gasteiger partial charge in [-0.1, -0.05) is 42.5 Å². The van der Waals surface area contributed by atoms with E-state index >= 15 is 0 Å². The van der Waals surface area contributed by atoms with Gasteiger partial charge >= 0.3 is 0 Å². The van der Waals surface area contributed by atoms with Crippen LogP contribution in [0.25, 0.3) is 16.3 Å². The van der Waals surface area contributed by atoms with Crippen molar-refractivity contribution in [2.45, 2.75) is 0 Å². The number of rotatable bonds is 4. The van der Waals surface area contributed by atoms with Gasteiger partial charge in [-0.2, -0.15) is 5.10 Å². The van der Waals surface area contributed by atoms with Gasteiger partial charge in [0.2, 0.25) is 0 Å². The summed E-state index contributed by atoms with van der Waals surface area (Å²) in [5.74, 6) is -0.846. The lowest BCUT2D eigenvalue weighted by Crippen LogP contribution is -2.42. The summed E-state index contributed by atoms with van der Waals surface area (Å²) in [6, 6.07) is 23.6. The average Bonchev–Trinajstić information content (AvgIpc) is 3.43. The van der Waals surface area contributed by atoms with Crippen LogP contribution in [0, 0.1) is 0 Å². The molecule has 0 aliphatic heterocycles.